The number of nitrogens with one attached hydrogen (secondary N) is 1. The summed E-state index contributed by atoms with van der Waals surface area (Å²) in [6.45, 7) is 5.19. The van der Waals surface area contributed by atoms with Crippen molar-refractivity contribution in [2.24, 2.45) is 0 Å². The summed E-state index contributed by atoms with van der Waals surface area (Å²) in [6.07, 6.45) is 4.11. The number of halogens is 1. The van der Waals surface area contributed by atoms with E-state index in [1.54, 1.807) is 42.5 Å². The van der Waals surface area contributed by atoms with E-state index >= 15 is 0 Å². The molecule has 0 aromatic heterocycles. The first-order valence-electron chi connectivity index (χ1n) is 16.1. The van der Waals surface area contributed by atoms with Gasteiger partial charge in [-0.05, 0) is 86.2 Å². The van der Waals surface area contributed by atoms with Crippen LogP contribution in [0.25, 0.3) is 0 Å². The Labute approximate surface area is 283 Å². The number of anilines is 1. The molecule has 1 aliphatic carbocycles. The maximum atomic E-state index is 14.7. The summed E-state index contributed by atoms with van der Waals surface area (Å²) in [4.78, 5) is 30.4. The number of hydrogen-bond donors (Lipinski definition) is 1. The number of carbonyl (C=O) groups is 2. The van der Waals surface area contributed by atoms with E-state index in [-0.39, 0.29) is 29.8 Å². The van der Waals surface area contributed by atoms with Crippen LogP contribution in [0.1, 0.15) is 53.5 Å². The van der Waals surface area contributed by atoms with Crippen molar-refractivity contribution in [3.8, 4) is 0 Å². The predicted molar refractivity (Wildman–Crippen MR) is 188 cm³/mol. The number of benzene rings is 4. The fourth-order valence-corrected chi connectivity index (χ4v) is 7.79. The van der Waals surface area contributed by atoms with E-state index in [0.717, 1.165) is 52.2 Å². The van der Waals surface area contributed by atoms with Gasteiger partial charge in [0.25, 0.3) is 10.0 Å². The number of hydrogen-bond acceptors (Lipinski definition) is 4. The molecule has 0 bridgehead atoms. The Balaban J connectivity index is 1.59. The maximum Gasteiger partial charge on any atom is 0.264 e. The summed E-state index contributed by atoms with van der Waals surface area (Å²) in [5.74, 6) is -0.775. The third-order valence-corrected chi connectivity index (χ3v) is 10.8. The lowest BCUT2D eigenvalue weighted by Crippen LogP contribution is -2.54. The molecule has 1 saturated carbocycles. The Bertz CT molecular complexity index is 1790. The molecule has 47 heavy (non-hydrogen) atoms. The number of nitrogens with zero attached hydrogens (tertiary/aromatic N) is 2. The van der Waals surface area contributed by atoms with Gasteiger partial charge >= 0.3 is 0 Å². The average molecular weight is 672 g/mol. The number of amides is 2. The Morgan fingerprint density at radius 3 is 2.09 bits per heavy atom. The van der Waals surface area contributed by atoms with Gasteiger partial charge in [-0.2, -0.15) is 0 Å². The van der Waals surface area contributed by atoms with Gasteiger partial charge in [0.2, 0.25) is 11.8 Å². The summed E-state index contributed by atoms with van der Waals surface area (Å²) >= 11 is 6.61. The van der Waals surface area contributed by atoms with Crippen molar-refractivity contribution >= 4 is 39.1 Å². The molecule has 0 radical (unpaired) electrons. The maximum absolute atomic E-state index is 14.7. The summed E-state index contributed by atoms with van der Waals surface area (Å²) in [7, 11) is -4.18. The third kappa shape index (κ3) is 8.62. The zero-order valence-electron chi connectivity index (χ0n) is 27.2. The number of carbonyl (C=O) groups excluding carboxylic acids is 2. The lowest BCUT2D eigenvalue weighted by molar-refractivity contribution is -0.140. The van der Waals surface area contributed by atoms with E-state index in [4.69, 9.17) is 11.6 Å². The molecule has 4 aromatic carbocycles. The largest absolute Gasteiger partial charge is 0.352 e. The summed E-state index contributed by atoms with van der Waals surface area (Å²) in [5.41, 5.74) is 4.57. The Morgan fingerprint density at radius 1 is 0.830 bits per heavy atom. The minimum Gasteiger partial charge on any atom is -0.352 e. The van der Waals surface area contributed by atoms with E-state index < -0.39 is 28.5 Å². The van der Waals surface area contributed by atoms with Gasteiger partial charge in [-0.3, -0.25) is 13.9 Å². The summed E-state index contributed by atoms with van der Waals surface area (Å²) in [5, 5.41) is 3.66. The van der Waals surface area contributed by atoms with Gasteiger partial charge in [0, 0.05) is 24.0 Å². The molecule has 1 unspecified atom stereocenters. The van der Waals surface area contributed by atoms with Crippen LogP contribution < -0.4 is 9.62 Å². The molecule has 5 rings (SSSR count). The van der Waals surface area contributed by atoms with Crippen molar-refractivity contribution in [2.45, 2.75) is 76.4 Å². The van der Waals surface area contributed by atoms with Crippen molar-refractivity contribution in [3.05, 3.63) is 130 Å². The molecule has 2 amide bonds. The smallest absolute Gasteiger partial charge is 0.264 e. The van der Waals surface area contributed by atoms with Crippen molar-refractivity contribution in [1.29, 1.82) is 0 Å². The SMILES string of the molecule is Cc1ccc(S(=O)(=O)N(CC(=O)N(Cc2ccccc2Cl)C(Cc2ccccc2)C(=O)NC2CCCC2)c2cc(C)cc(C)c2)cc1. The van der Waals surface area contributed by atoms with Crippen molar-refractivity contribution in [2.75, 3.05) is 10.8 Å². The topological polar surface area (TPSA) is 86.8 Å². The first kappa shape index (κ1) is 34.2. The molecule has 4 aromatic rings. The number of sulfonamides is 1. The van der Waals surface area contributed by atoms with Crippen LogP contribution in [0.3, 0.4) is 0 Å². The normalized spacial score (nSPS) is 14.0. The molecule has 0 aliphatic heterocycles. The van der Waals surface area contributed by atoms with E-state index in [1.165, 1.54) is 4.90 Å². The van der Waals surface area contributed by atoms with E-state index in [9.17, 15) is 18.0 Å². The second-order valence-corrected chi connectivity index (χ2v) is 14.7. The van der Waals surface area contributed by atoms with Crippen LogP contribution in [0.15, 0.2) is 102 Å². The Hall–Kier alpha value is -4.14. The Kier molecular flexibility index (Phi) is 11.0. The van der Waals surface area contributed by atoms with Gasteiger partial charge in [-0.1, -0.05) is 96.7 Å². The first-order valence-corrected chi connectivity index (χ1v) is 17.9. The molecule has 7 nitrogen and oxygen atoms in total. The summed E-state index contributed by atoms with van der Waals surface area (Å²) in [6, 6.07) is 28.0. The van der Waals surface area contributed by atoms with Crippen LogP contribution in [-0.4, -0.2) is 43.8 Å². The predicted octanol–water partition coefficient (Wildman–Crippen LogP) is 7.16. The van der Waals surface area contributed by atoms with Crippen LogP contribution >= 0.6 is 11.6 Å². The third-order valence-electron chi connectivity index (χ3n) is 8.65. The van der Waals surface area contributed by atoms with Crippen molar-refractivity contribution < 1.29 is 18.0 Å². The lowest BCUT2D eigenvalue weighted by Gasteiger charge is -2.34. The van der Waals surface area contributed by atoms with E-state index in [0.29, 0.717) is 16.3 Å². The Morgan fingerprint density at radius 2 is 1.45 bits per heavy atom. The fourth-order valence-electron chi connectivity index (χ4n) is 6.19. The first-order chi connectivity index (χ1) is 22.5. The average Bonchev–Trinajstić information content (AvgIpc) is 3.55. The minimum absolute atomic E-state index is 0.0271. The zero-order valence-corrected chi connectivity index (χ0v) is 28.7. The minimum atomic E-state index is -4.18. The quantitative estimate of drug-likeness (QED) is 0.173. The second kappa shape index (κ2) is 15.2. The number of rotatable bonds is 12. The summed E-state index contributed by atoms with van der Waals surface area (Å²) < 4.78 is 29.8. The van der Waals surface area contributed by atoms with Gasteiger partial charge in [0.05, 0.1) is 10.6 Å². The van der Waals surface area contributed by atoms with Crippen LogP contribution in [0.2, 0.25) is 5.02 Å². The molecule has 246 valence electrons. The molecule has 1 atom stereocenters. The van der Waals surface area contributed by atoms with Gasteiger partial charge in [-0.25, -0.2) is 8.42 Å². The molecule has 1 N–H and O–H groups in total. The standard InChI is InChI=1S/C38H42ClN3O4S/c1-27-17-19-34(20-18-27)47(45,46)42(33-22-28(2)21-29(3)23-33)26-37(43)41(25-31-13-7-10-16-35(31)39)36(24-30-11-5-4-6-12-30)38(44)40-32-14-8-9-15-32/h4-7,10-13,16-23,32,36H,8-9,14-15,24-26H2,1-3H3,(H,40,44). The monoisotopic (exact) mass is 671 g/mol. The highest BCUT2D eigenvalue weighted by Crippen LogP contribution is 2.28. The van der Waals surface area contributed by atoms with Crippen molar-refractivity contribution in [1.82, 2.24) is 10.2 Å². The molecule has 0 heterocycles. The molecule has 9 heteroatoms. The van der Waals surface area contributed by atoms with Crippen LogP contribution in [-0.2, 0) is 32.6 Å². The van der Waals surface area contributed by atoms with Crippen molar-refractivity contribution in [3.63, 3.8) is 0 Å². The van der Waals surface area contributed by atoms with E-state index in [1.807, 2.05) is 75.4 Å². The zero-order chi connectivity index (χ0) is 33.6. The molecule has 0 saturated heterocycles. The van der Waals surface area contributed by atoms with E-state index in [2.05, 4.69) is 5.32 Å². The fraction of sp³-hybridized carbons (Fsp3) is 0.316. The molecular weight excluding hydrogens is 630 g/mol. The lowest BCUT2D eigenvalue weighted by atomic mass is 10.0. The highest BCUT2D eigenvalue weighted by Gasteiger charge is 2.36. The van der Waals surface area contributed by atoms with Crippen LogP contribution in [0.4, 0.5) is 5.69 Å². The molecule has 0 spiro atoms. The second-order valence-electron chi connectivity index (χ2n) is 12.5. The highest BCUT2D eigenvalue weighted by molar-refractivity contribution is 7.92. The van der Waals surface area contributed by atoms with Crippen LogP contribution in [0.5, 0.6) is 0 Å². The molecule has 1 aliphatic rings. The number of aryl methyl sites for hydroxylation is 3. The molecule has 1 fully saturated rings. The van der Waals surface area contributed by atoms with Gasteiger partial charge in [0.15, 0.2) is 0 Å². The molecular formula is C38H42ClN3O4S. The van der Waals surface area contributed by atoms with Gasteiger partial charge in [-0.15, -0.1) is 0 Å². The van der Waals surface area contributed by atoms with Gasteiger partial charge < -0.3 is 10.2 Å². The van der Waals surface area contributed by atoms with Gasteiger partial charge in [0.1, 0.15) is 12.6 Å². The van der Waals surface area contributed by atoms with Crippen LogP contribution in [0, 0.1) is 20.8 Å². The highest BCUT2D eigenvalue weighted by atomic mass is 35.5.